The molecule has 0 aliphatic heterocycles. The van der Waals surface area contributed by atoms with Crippen molar-refractivity contribution in [3.05, 3.63) is 0 Å². The molecule has 0 spiro atoms. The molecule has 0 fully saturated rings. The Morgan fingerprint density at radius 2 is 0.490 bits per heavy atom. The molecule has 0 aliphatic carbocycles. The zero-order valence-corrected chi connectivity index (χ0v) is 65.7. The van der Waals surface area contributed by atoms with Crippen LogP contribution in [0.3, 0.4) is 0 Å². The van der Waals surface area contributed by atoms with E-state index >= 15 is 0 Å². The Morgan fingerprint density at radius 1 is 0.286 bits per heavy atom. The summed E-state index contributed by atoms with van der Waals surface area (Å²) < 4.78 is 68.6. The van der Waals surface area contributed by atoms with Gasteiger partial charge in [0.05, 0.1) is 26.4 Å². The van der Waals surface area contributed by atoms with E-state index in [0.717, 1.165) is 95.8 Å². The van der Waals surface area contributed by atoms with Gasteiger partial charge in [-0.2, -0.15) is 0 Å². The van der Waals surface area contributed by atoms with Gasteiger partial charge in [0.2, 0.25) is 0 Å². The van der Waals surface area contributed by atoms with Crippen molar-refractivity contribution in [2.24, 2.45) is 5.92 Å². The average Bonchev–Trinajstić information content (AvgIpc) is 1.35. The maximum absolute atomic E-state index is 13.1. The van der Waals surface area contributed by atoms with Crippen molar-refractivity contribution in [2.75, 3.05) is 39.6 Å². The maximum atomic E-state index is 13.1. The molecule has 0 saturated heterocycles. The molecule has 0 heterocycles. The number of aliphatic hydroxyl groups excluding tert-OH is 1. The molecule has 3 N–H and O–H groups in total. The molecule has 0 aromatic heterocycles. The highest BCUT2D eigenvalue weighted by molar-refractivity contribution is 7.47. The molecule has 0 amide bonds. The number of esters is 4. The molecule has 3 unspecified atom stereocenters. The Kier molecular flexibility index (Phi) is 70.6. The van der Waals surface area contributed by atoms with Gasteiger partial charge >= 0.3 is 39.5 Å². The summed E-state index contributed by atoms with van der Waals surface area (Å²) >= 11 is 0. The van der Waals surface area contributed by atoms with Crippen LogP contribution >= 0.6 is 15.6 Å². The molecule has 6 atom stereocenters. The third-order valence-corrected chi connectivity index (χ3v) is 20.8. The van der Waals surface area contributed by atoms with E-state index in [-0.39, 0.29) is 25.7 Å². The second-order valence-corrected chi connectivity index (χ2v) is 31.6. The van der Waals surface area contributed by atoms with Crippen molar-refractivity contribution in [1.82, 2.24) is 0 Å². The minimum Gasteiger partial charge on any atom is -0.462 e. The van der Waals surface area contributed by atoms with E-state index in [4.69, 9.17) is 37.0 Å². The number of ether oxygens (including phenoxy) is 4. The van der Waals surface area contributed by atoms with Crippen LogP contribution in [0.5, 0.6) is 0 Å². The van der Waals surface area contributed by atoms with E-state index in [1.165, 1.54) is 244 Å². The SMILES string of the molecule is CCCCCCCCCCCCCCCC(=O)OC[C@H](COP(=O)(O)OC[C@@H](O)COP(=O)(O)OC[C@@H](COC(=O)CCCCCCCCCCCC)OC(=O)CCCCCCCCCCCCCCC)OC(=O)CCCCCCCCCCCCCCCCCCCCC(C)CC. The zero-order chi connectivity index (χ0) is 71.9. The van der Waals surface area contributed by atoms with Crippen molar-refractivity contribution >= 4 is 39.5 Å². The molecule has 0 aromatic carbocycles. The molecule has 0 saturated carbocycles. The number of aliphatic hydroxyl groups is 1. The van der Waals surface area contributed by atoms with E-state index in [9.17, 15) is 43.2 Å². The van der Waals surface area contributed by atoms with Gasteiger partial charge in [0.1, 0.15) is 19.3 Å². The quantitative estimate of drug-likeness (QED) is 0.0222. The van der Waals surface area contributed by atoms with Gasteiger partial charge in [-0.05, 0) is 31.6 Å². The van der Waals surface area contributed by atoms with E-state index in [1.54, 1.807) is 0 Å². The van der Waals surface area contributed by atoms with E-state index in [2.05, 4.69) is 34.6 Å². The summed E-state index contributed by atoms with van der Waals surface area (Å²) in [4.78, 5) is 72.9. The Bertz CT molecular complexity index is 1880. The maximum Gasteiger partial charge on any atom is 0.472 e. The van der Waals surface area contributed by atoms with Gasteiger partial charge in [-0.25, -0.2) is 9.13 Å². The lowest BCUT2D eigenvalue weighted by Gasteiger charge is -2.21. The highest BCUT2D eigenvalue weighted by atomic mass is 31.2. The van der Waals surface area contributed by atoms with Gasteiger partial charge in [-0.3, -0.25) is 37.3 Å². The number of phosphoric acid groups is 2. The molecule has 0 aliphatic rings. The minimum atomic E-state index is -4.96. The number of unbranched alkanes of at least 4 members (excludes halogenated alkanes) is 50. The van der Waals surface area contributed by atoms with Crippen molar-refractivity contribution < 1.29 is 80.2 Å². The lowest BCUT2D eigenvalue weighted by Crippen LogP contribution is -2.30. The molecule has 0 bridgehead atoms. The van der Waals surface area contributed by atoms with Crippen LogP contribution in [-0.2, 0) is 65.4 Å². The summed E-state index contributed by atoms with van der Waals surface area (Å²) in [6.45, 7) is 7.38. The Hall–Kier alpha value is -1.94. The van der Waals surface area contributed by atoms with Crippen LogP contribution in [0.15, 0.2) is 0 Å². The number of carbonyl (C=O) groups is 4. The van der Waals surface area contributed by atoms with Gasteiger partial charge in [-0.15, -0.1) is 0 Å². The number of hydrogen-bond donors (Lipinski definition) is 3. The lowest BCUT2D eigenvalue weighted by molar-refractivity contribution is -0.161. The second-order valence-electron chi connectivity index (χ2n) is 28.7. The molecule has 0 aromatic rings. The van der Waals surface area contributed by atoms with E-state index in [0.29, 0.717) is 25.7 Å². The van der Waals surface area contributed by atoms with Crippen LogP contribution in [0.1, 0.15) is 420 Å². The van der Waals surface area contributed by atoms with Crippen molar-refractivity contribution in [3.8, 4) is 0 Å². The van der Waals surface area contributed by atoms with Crippen LogP contribution in [0.2, 0.25) is 0 Å². The standard InChI is InChI=1S/C79H154O17P2/c1-6-10-13-16-19-22-25-33-38-43-48-53-58-63-77(82)90-69-75(96-79(84)65-60-55-50-45-40-36-32-30-28-27-29-31-35-37-41-46-51-56-61-72(5)9-4)71-94-98(87,88)92-67-73(80)66-91-97(85,86)93-70-74(68-89-76(81)62-57-52-47-42-24-21-18-15-12-8-3)95-78(83)64-59-54-49-44-39-34-26-23-20-17-14-11-7-2/h72-75,80H,6-71H2,1-5H3,(H,85,86)(H,87,88)/t72?,73-,74+,75+/m0/s1. The molecule has 582 valence electrons. The van der Waals surface area contributed by atoms with Crippen LogP contribution in [0.4, 0.5) is 0 Å². The van der Waals surface area contributed by atoms with Crippen molar-refractivity contribution in [2.45, 2.75) is 438 Å². The van der Waals surface area contributed by atoms with Gasteiger partial charge in [0, 0.05) is 25.7 Å². The molecule has 17 nitrogen and oxygen atoms in total. The number of carbonyl (C=O) groups excluding carboxylic acids is 4. The third-order valence-electron chi connectivity index (χ3n) is 18.9. The first-order valence-electron chi connectivity index (χ1n) is 41.2. The fraction of sp³-hybridized carbons (Fsp3) is 0.949. The highest BCUT2D eigenvalue weighted by Gasteiger charge is 2.30. The Balaban J connectivity index is 5.19. The van der Waals surface area contributed by atoms with E-state index in [1.807, 2.05) is 0 Å². The van der Waals surface area contributed by atoms with Crippen LogP contribution < -0.4 is 0 Å². The lowest BCUT2D eigenvalue weighted by atomic mass is 9.99. The van der Waals surface area contributed by atoms with Gasteiger partial charge in [-0.1, -0.05) is 369 Å². The number of phosphoric ester groups is 2. The predicted molar refractivity (Wildman–Crippen MR) is 400 cm³/mol. The Morgan fingerprint density at radius 3 is 0.724 bits per heavy atom. The third kappa shape index (κ3) is 71.1. The molecule has 0 rings (SSSR count). The topological polar surface area (TPSA) is 237 Å². The fourth-order valence-corrected chi connectivity index (χ4v) is 13.8. The highest BCUT2D eigenvalue weighted by Crippen LogP contribution is 2.45. The summed E-state index contributed by atoms with van der Waals surface area (Å²) in [5.41, 5.74) is 0. The summed E-state index contributed by atoms with van der Waals surface area (Å²) in [5, 5.41) is 10.6. The smallest absolute Gasteiger partial charge is 0.462 e. The van der Waals surface area contributed by atoms with Crippen LogP contribution in [0.25, 0.3) is 0 Å². The zero-order valence-electron chi connectivity index (χ0n) is 63.9. The van der Waals surface area contributed by atoms with E-state index < -0.39 is 97.5 Å². The summed E-state index contributed by atoms with van der Waals surface area (Å²) in [5.74, 6) is -1.24. The first kappa shape index (κ1) is 96.1. The molecular formula is C79H154O17P2. The normalized spacial score (nSPS) is 14.2. The van der Waals surface area contributed by atoms with Gasteiger partial charge in [0.25, 0.3) is 0 Å². The largest absolute Gasteiger partial charge is 0.472 e. The minimum absolute atomic E-state index is 0.108. The van der Waals surface area contributed by atoms with Crippen LogP contribution in [0, 0.1) is 5.92 Å². The molecule has 0 radical (unpaired) electrons. The average molecular weight is 1440 g/mol. The number of rotatable bonds is 79. The van der Waals surface area contributed by atoms with Crippen molar-refractivity contribution in [1.29, 1.82) is 0 Å². The second kappa shape index (κ2) is 72.0. The first-order chi connectivity index (χ1) is 47.6. The molecule has 98 heavy (non-hydrogen) atoms. The molecule has 19 heteroatoms. The van der Waals surface area contributed by atoms with Crippen LogP contribution in [-0.4, -0.2) is 96.7 Å². The Labute approximate surface area is 600 Å². The predicted octanol–water partition coefficient (Wildman–Crippen LogP) is 23.6. The van der Waals surface area contributed by atoms with Gasteiger partial charge < -0.3 is 33.8 Å². The first-order valence-corrected chi connectivity index (χ1v) is 44.2. The fourth-order valence-electron chi connectivity index (χ4n) is 12.2. The summed E-state index contributed by atoms with van der Waals surface area (Å²) in [7, 11) is -9.91. The number of hydrogen-bond acceptors (Lipinski definition) is 15. The van der Waals surface area contributed by atoms with Crippen molar-refractivity contribution in [3.63, 3.8) is 0 Å². The summed E-state index contributed by atoms with van der Waals surface area (Å²) in [6.07, 6.45) is 62.3. The summed E-state index contributed by atoms with van der Waals surface area (Å²) in [6, 6.07) is 0. The monoisotopic (exact) mass is 1440 g/mol. The molecular weight excluding hydrogens is 1280 g/mol. The van der Waals surface area contributed by atoms with Gasteiger partial charge in [0.15, 0.2) is 12.2 Å².